The van der Waals surface area contributed by atoms with Crippen LogP contribution in [0, 0.1) is 0 Å². The number of rotatable bonds is 5. The zero-order valence-electron chi connectivity index (χ0n) is 14.7. The van der Waals surface area contributed by atoms with E-state index in [4.69, 9.17) is 0 Å². The molecular weight excluding hydrogens is 364 g/mol. The van der Waals surface area contributed by atoms with Gasteiger partial charge in [0.1, 0.15) is 16.5 Å². The highest BCUT2D eigenvalue weighted by molar-refractivity contribution is 7.13. The Labute approximate surface area is 159 Å². The third-order valence-corrected chi connectivity index (χ3v) is 5.58. The van der Waals surface area contributed by atoms with Gasteiger partial charge in [0.2, 0.25) is 5.91 Å². The molecule has 4 heterocycles. The number of hydrogen-bond donors (Lipinski definition) is 1. The first-order chi connectivity index (χ1) is 13.2. The van der Waals surface area contributed by atoms with Gasteiger partial charge in [-0.2, -0.15) is 0 Å². The Morgan fingerprint density at radius 3 is 2.85 bits per heavy atom. The molecule has 1 N–H and O–H groups in total. The number of carbonyl (C=O) groups is 1. The van der Waals surface area contributed by atoms with E-state index in [2.05, 4.69) is 19.9 Å². The first-order valence-electron chi connectivity index (χ1n) is 8.93. The topological polar surface area (TPSA) is 96.8 Å². The van der Waals surface area contributed by atoms with Gasteiger partial charge in [-0.05, 0) is 12.8 Å². The molecule has 27 heavy (non-hydrogen) atoms. The van der Waals surface area contributed by atoms with Crippen molar-refractivity contribution in [2.24, 2.45) is 0 Å². The molecule has 1 aliphatic heterocycles. The summed E-state index contributed by atoms with van der Waals surface area (Å²) in [6.07, 6.45) is 9.05. The lowest BCUT2D eigenvalue weighted by Gasteiger charge is -2.31. The Hall–Kier alpha value is -2.81. The van der Waals surface area contributed by atoms with Gasteiger partial charge >= 0.3 is 0 Å². The second-order valence-electron chi connectivity index (χ2n) is 6.56. The molecule has 0 unspecified atom stereocenters. The van der Waals surface area contributed by atoms with E-state index in [1.807, 2.05) is 21.0 Å². The number of aromatic amines is 1. The van der Waals surface area contributed by atoms with E-state index in [0.717, 1.165) is 17.8 Å². The molecule has 0 bridgehead atoms. The number of carbonyl (C=O) groups excluding carboxylic acids is 1. The second kappa shape index (κ2) is 7.83. The molecule has 1 aliphatic rings. The maximum Gasteiger partial charge on any atom is 0.251 e. The lowest BCUT2D eigenvalue weighted by Crippen LogP contribution is -2.38. The Bertz CT molecular complexity index is 943. The van der Waals surface area contributed by atoms with Crippen LogP contribution in [0.2, 0.25) is 0 Å². The zero-order chi connectivity index (χ0) is 18.6. The third-order valence-electron chi connectivity index (χ3n) is 4.79. The molecule has 0 atom stereocenters. The number of amides is 1. The van der Waals surface area contributed by atoms with Gasteiger partial charge < -0.3 is 14.5 Å². The average molecular weight is 384 g/mol. The van der Waals surface area contributed by atoms with Crippen molar-refractivity contribution in [3.05, 3.63) is 52.5 Å². The Morgan fingerprint density at radius 1 is 1.30 bits per heavy atom. The molecular formula is C18H20N6O2S. The van der Waals surface area contributed by atoms with Crippen LogP contribution < -0.4 is 5.56 Å². The number of likely N-dealkylation sites (tertiary alicyclic amines) is 1. The molecule has 0 aromatic carbocycles. The first kappa shape index (κ1) is 17.6. The van der Waals surface area contributed by atoms with Gasteiger partial charge in [0.25, 0.3) is 5.56 Å². The molecule has 3 aromatic rings. The van der Waals surface area contributed by atoms with Crippen molar-refractivity contribution in [2.75, 3.05) is 13.1 Å². The fourth-order valence-electron chi connectivity index (χ4n) is 3.33. The Morgan fingerprint density at radius 2 is 2.15 bits per heavy atom. The van der Waals surface area contributed by atoms with Gasteiger partial charge in [0.15, 0.2) is 0 Å². The van der Waals surface area contributed by atoms with E-state index in [9.17, 15) is 9.59 Å². The van der Waals surface area contributed by atoms with Crippen molar-refractivity contribution < 1.29 is 4.79 Å². The minimum atomic E-state index is -0.163. The number of hydrogen-bond acceptors (Lipinski definition) is 6. The number of aryl methyl sites for hydroxylation is 1. The Kier molecular flexibility index (Phi) is 5.10. The number of nitrogens with zero attached hydrogens (tertiary/aromatic N) is 5. The van der Waals surface area contributed by atoms with Crippen molar-refractivity contribution in [3.8, 4) is 10.7 Å². The van der Waals surface area contributed by atoms with Gasteiger partial charge in [-0.15, -0.1) is 11.3 Å². The maximum absolute atomic E-state index is 12.4. The highest BCUT2D eigenvalue weighted by Crippen LogP contribution is 2.27. The minimum absolute atomic E-state index is 0.148. The van der Waals surface area contributed by atoms with E-state index < -0.39 is 0 Å². The normalized spacial score (nSPS) is 15.2. The van der Waals surface area contributed by atoms with Crippen LogP contribution in [0.1, 0.15) is 31.0 Å². The lowest BCUT2D eigenvalue weighted by molar-refractivity contribution is -0.132. The molecule has 140 valence electrons. The van der Waals surface area contributed by atoms with Crippen molar-refractivity contribution in [2.45, 2.75) is 31.7 Å². The van der Waals surface area contributed by atoms with E-state index >= 15 is 0 Å². The molecule has 8 nitrogen and oxygen atoms in total. The monoisotopic (exact) mass is 384 g/mol. The number of aromatic nitrogens is 5. The van der Waals surface area contributed by atoms with Gasteiger partial charge in [-0.1, -0.05) is 0 Å². The summed E-state index contributed by atoms with van der Waals surface area (Å²) in [5.74, 6) is 0.994. The van der Waals surface area contributed by atoms with E-state index in [1.54, 1.807) is 18.7 Å². The summed E-state index contributed by atoms with van der Waals surface area (Å²) in [6.45, 7) is 2.00. The summed E-state index contributed by atoms with van der Waals surface area (Å²) < 4.78 is 1.91. The molecule has 0 saturated carbocycles. The van der Waals surface area contributed by atoms with Crippen LogP contribution in [0.3, 0.4) is 0 Å². The van der Waals surface area contributed by atoms with Gasteiger partial charge in [-0.25, -0.2) is 15.0 Å². The van der Waals surface area contributed by atoms with Gasteiger partial charge in [0, 0.05) is 62.0 Å². The second-order valence-corrected chi connectivity index (χ2v) is 7.45. The molecule has 3 aromatic heterocycles. The summed E-state index contributed by atoms with van der Waals surface area (Å²) in [6, 6.07) is 1.48. The summed E-state index contributed by atoms with van der Waals surface area (Å²) in [7, 11) is 0. The minimum Gasteiger partial charge on any atom is -0.343 e. The van der Waals surface area contributed by atoms with Crippen LogP contribution in [0.25, 0.3) is 10.7 Å². The molecule has 1 fully saturated rings. The lowest BCUT2D eigenvalue weighted by atomic mass is 9.95. The maximum atomic E-state index is 12.4. The van der Waals surface area contributed by atoms with E-state index in [-0.39, 0.29) is 17.4 Å². The van der Waals surface area contributed by atoms with Crippen molar-refractivity contribution in [3.63, 3.8) is 0 Å². The Balaban J connectivity index is 1.38. The summed E-state index contributed by atoms with van der Waals surface area (Å²) in [4.78, 5) is 42.0. The fourth-order valence-corrected chi connectivity index (χ4v) is 3.93. The van der Waals surface area contributed by atoms with Crippen molar-refractivity contribution in [1.82, 2.24) is 29.4 Å². The highest BCUT2D eigenvalue weighted by Gasteiger charge is 2.25. The third kappa shape index (κ3) is 4.13. The largest absolute Gasteiger partial charge is 0.343 e. The predicted octanol–water partition coefficient (Wildman–Crippen LogP) is 1.89. The number of imidazole rings is 1. The van der Waals surface area contributed by atoms with E-state index in [1.165, 1.54) is 17.4 Å². The number of thiazole rings is 1. The van der Waals surface area contributed by atoms with Crippen LogP contribution >= 0.6 is 11.3 Å². The predicted molar refractivity (Wildman–Crippen MR) is 101 cm³/mol. The van der Waals surface area contributed by atoms with Crippen molar-refractivity contribution in [1.29, 1.82) is 0 Å². The number of piperidine rings is 1. The van der Waals surface area contributed by atoms with E-state index in [0.29, 0.717) is 37.6 Å². The summed E-state index contributed by atoms with van der Waals surface area (Å²) in [5.41, 5.74) is 0.451. The smallest absolute Gasteiger partial charge is 0.251 e. The van der Waals surface area contributed by atoms with Crippen LogP contribution in [0.15, 0.2) is 41.2 Å². The fraction of sp³-hybridized carbons (Fsp3) is 0.389. The van der Waals surface area contributed by atoms with Gasteiger partial charge in [-0.3, -0.25) is 9.59 Å². The number of H-pyrrole nitrogens is 1. The molecule has 1 saturated heterocycles. The summed E-state index contributed by atoms with van der Waals surface area (Å²) in [5, 5.41) is 2.61. The molecule has 0 radical (unpaired) electrons. The SMILES string of the molecule is O=C(CCn1ccnc1)N1CCC(c2nc(-c3nccs3)cc(=O)[nH]2)CC1. The highest BCUT2D eigenvalue weighted by atomic mass is 32.1. The van der Waals surface area contributed by atoms with Crippen LogP contribution in [0.5, 0.6) is 0 Å². The van der Waals surface area contributed by atoms with Gasteiger partial charge in [0.05, 0.1) is 6.33 Å². The summed E-state index contributed by atoms with van der Waals surface area (Å²) >= 11 is 1.46. The first-order valence-corrected chi connectivity index (χ1v) is 9.81. The standard InChI is InChI=1S/C18H20N6O2S/c25-15-11-14(18-20-5-10-27-18)21-17(22-15)13-1-7-24(8-2-13)16(26)3-6-23-9-4-19-12-23/h4-5,9-13H,1-3,6-8H2,(H,21,22,25). The molecule has 4 rings (SSSR count). The van der Waals surface area contributed by atoms with Crippen LogP contribution in [-0.2, 0) is 11.3 Å². The van der Waals surface area contributed by atoms with Crippen LogP contribution in [0.4, 0.5) is 0 Å². The molecule has 0 aliphatic carbocycles. The number of nitrogens with one attached hydrogen (secondary N) is 1. The quantitative estimate of drug-likeness (QED) is 0.724. The van der Waals surface area contributed by atoms with Crippen molar-refractivity contribution >= 4 is 17.2 Å². The molecule has 1 amide bonds. The molecule has 9 heteroatoms. The van der Waals surface area contributed by atoms with Crippen LogP contribution in [-0.4, -0.2) is 48.4 Å². The zero-order valence-corrected chi connectivity index (χ0v) is 15.6. The average Bonchev–Trinajstić information content (AvgIpc) is 3.39. The molecule has 0 spiro atoms.